The van der Waals surface area contributed by atoms with Crippen molar-refractivity contribution in [3.05, 3.63) is 76.2 Å². The van der Waals surface area contributed by atoms with Crippen molar-refractivity contribution in [3.63, 3.8) is 0 Å². The van der Waals surface area contributed by atoms with Crippen LogP contribution in [0, 0.1) is 0 Å². The number of hydrogen-bond donors (Lipinski definition) is 2. The van der Waals surface area contributed by atoms with Crippen LogP contribution in [0.25, 0.3) is 11.3 Å². The zero-order valence-electron chi connectivity index (χ0n) is 15.7. The van der Waals surface area contributed by atoms with E-state index in [1.165, 1.54) is 11.9 Å². The zero-order valence-corrected chi connectivity index (χ0v) is 17.2. The fraction of sp³-hybridized carbons (Fsp3) is 0.227. The molecular formula is C22H20Cl2N4O. The van der Waals surface area contributed by atoms with E-state index in [2.05, 4.69) is 32.7 Å². The van der Waals surface area contributed by atoms with Gasteiger partial charge in [-0.2, -0.15) is 0 Å². The summed E-state index contributed by atoms with van der Waals surface area (Å²) < 4.78 is 0. The van der Waals surface area contributed by atoms with Crippen molar-refractivity contribution in [1.82, 2.24) is 15.3 Å². The average Bonchev–Trinajstić information content (AvgIpc) is 2.76. The predicted molar refractivity (Wildman–Crippen MR) is 117 cm³/mol. The maximum absolute atomic E-state index is 12.7. The summed E-state index contributed by atoms with van der Waals surface area (Å²) in [7, 11) is 0. The molecule has 1 aromatic heterocycles. The van der Waals surface area contributed by atoms with Gasteiger partial charge in [-0.05, 0) is 67.7 Å². The van der Waals surface area contributed by atoms with E-state index < -0.39 is 0 Å². The quantitative estimate of drug-likeness (QED) is 0.603. The van der Waals surface area contributed by atoms with Gasteiger partial charge in [0, 0.05) is 11.3 Å². The third-order valence-electron chi connectivity index (χ3n) is 5.07. The number of anilines is 1. The Morgan fingerprint density at radius 2 is 1.83 bits per heavy atom. The number of rotatable bonds is 4. The van der Waals surface area contributed by atoms with Crippen LogP contribution in [0.5, 0.6) is 0 Å². The minimum absolute atomic E-state index is 0.281. The second kappa shape index (κ2) is 8.91. The van der Waals surface area contributed by atoms with Gasteiger partial charge in [0.2, 0.25) is 0 Å². The van der Waals surface area contributed by atoms with E-state index in [0.717, 1.165) is 37.2 Å². The number of aromatic nitrogens is 2. The molecule has 0 aliphatic carbocycles. The Morgan fingerprint density at radius 3 is 2.62 bits per heavy atom. The Labute approximate surface area is 179 Å². The van der Waals surface area contributed by atoms with Gasteiger partial charge in [0.15, 0.2) is 0 Å². The number of piperidine rings is 1. The first kappa shape index (κ1) is 19.8. The third-order valence-corrected chi connectivity index (χ3v) is 5.81. The molecule has 2 heterocycles. The maximum atomic E-state index is 12.7. The molecule has 0 saturated carbocycles. The summed E-state index contributed by atoms with van der Waals surface area (Å²) in [6, 6.07) is 14.9. The number of carbonyl (C=O) groups is 1. The van der Waals surface area contributed by atoms with E-state index in [1.54, 1.807) is 24.3 Å². The third kappa shape index (κ3) is 4.75. The molecule has 1 aliphatic heterocycles. The molecule has 29 heavy (non-hydrogen) atoms. The van der Waals surface area contributed by atoms with Gasteiger partial charge in [-0.15, -0.1) is 0 Å². The monoisotopic (exact) mass is 426 g/mol. The summed E-state index contributed by atoms with van der Waals surface area (Å²) in [5.74, 6) is 0.240. The highest BCUT2D eigenvalue weighted by Gasteiger charge is 2.16. The summed E-state index contributed by atoms with van der Waals surface area (Å²) in [5.41, 5.74) is 3.67. The van der Waals surface area contributed by atoms with E-state index >= 15 is 0 Å². The molecule has 148 valence electrons. The molecule has 1 amide bonds. The molecule has 0 radical (unpaired) electrons. The number of halogens is 2. The van der Waals surface area contributed by atoms with E-state index in [4.69, 9.17) is 23.2 Å². The van der Waals surface area contributed by atoms with Crippen molar-refractivity contribution in [3.8, 4) is 11.3 Å². The lowest BCUT2D eigenvalue weighted by molar-refractivity contribution is 0.102. The molecule has 0 spiro atoms. The zero-order chi connectivity index (χ0) is 20.2. The average molecular weight is 427 g/mol. The topological polar surface area (TPSA) is 66.9 Å². The molecule has 7 heteroatoms. The van der Waals surface area contributed by atoms with Crippen LogP contribution in [-0.2, 0) is 0 Å². The summed E-state index contributed by atoms with van der Waals surface area (Å²) >= 11 is 12.1. The van der Waals surface area contributed by atoms with Gasteiger partial charge < -0.3 is 10.6 Å². The van der Waals surface area contributed by atoms with Crippen LogP contribution < -0.4 is 10.6 Å². The first-order valence-corrected chi connectivity index (χ1v) is 10.3. The molecule has 1 saturated heterocycles. The second-order valence-electron chi connectivity index (χ2n) is 7.02. The Hall–Kier alpha value is -2.47. The predicted octanol–water partition coefficient (Wildman–Crippen LogP) is 5.17. The summed E-state index contributed by atoms with van der Waals surface area (Å²) in [5, 5.41) is 7.23. The molecule has 5 nitrogen and oxygen atoms in total. The van der Waals surface area contributed by atoms with Crippen molar-refractivity contribution < 1.29 is 4.79 Å². The highest BCUT2D eigenvalue weighted by Crippen LogP contribution is 2.29. The fourth-order valence-corrected chi connectivity index (χ4v) is 3.81. The number of nitrogens with zero attached hydrogens (tertiary/aromatic N) is 2. The summed E-state index contributed by atoms with van der Waals surface area (Å²) in [6.45, 7) is 2.05. The molecule has 0 bridgehead atoms. The normalized spacial score (nSPS) is 14.6. The largest absolute Gasteiger partial charge is 0.321 e. The Balaban J connectivity index is 1.52. The van der Waals surface area contributed by atoms with Gasteiger partial charge in [-0.1, -0.05) is 41.4 Å². The van der Waals surface area contributed by atoms with Crippen LogP contribution in [-0.4, -0.2) is 29.0 Å². The van der Waals surface area contributed by atoms with E-state index in [9.17, 15) is 4.79 Å². The fourth-order valence-electron chi connectivity index (χ4n) is 3.52. The van der Waals surface area contributed by atoms with Crippen molar-refractivity contribution in [2.45, 2.75) is 18.8 Å². The molecular weight excluding hydrogens is 407 g/mol. The van der Waals surface area contributed by atoms with Crippen LogP contribution in [0.3, 0.4) is 0 Å². The van der Waals surface area contributed by atoms with Gasteiger partial charge in [-0.25, -0.2) is 9.97 Å². The van der Waals surface area contributed by atoms with Crippen molar-refractivity contribution in [1.29, 1.82) is 0 Å². The second-order valence-corrected chi connectivity index (χ2v) is 7.84. The molecule has 0 atom stereocenters. The highest BCUT2D eigenvalue weighted by atomic mass is 35.5. The number of hydrogen-bond acceptors (Lipinski definition) is 4. The molecule has 1 fully saturated rings. The number of nitrogens with one attached hydrogen (secondary N) is 2. The minimum Gasteiger partial charge on any atom is -0.321 e. The van der Waals surface area contributed by atoms with Crippen LogP contribution >= 0.6 is 23.2 Å². The van der Waals surface area contributed by atoms with Crippen LogP contribution in [0.1, 0.15) is 34.8 Å². The first-order valence-electron chi connectivity index (χ1n) is 9.49. The van der Waals surface area contributed by atoms with E-state index in [1.807, 2.05) is 12.1 Å². The van der Waals surface area contributed by atoms with Gasteiger partial charge in [0.05, 0.1) is 15.7 Å². The van der Waals surface area contributed by atoms with Crippen LogP contribution in [0.2, 0.25) is 10.0 Å². The molecule has 2 N–H and O–H groups in total. The van der Waals surface area contributed by atoms with Gasteiger partial charge in [0.1, 0.15) is 12.0 Å². The number of carbonyl (C=O) groups excluding carboxylic acids is 1. The summed E-state index contributed by atoms with van der Waals surface area (Å²) in [6.07, 6.45) is 3.59. The van der Waals surface area contributed by atoms with Crippen molar-refractivity contribution in [2.24, 2.45) is 0 Å². The van der Waals surface area contributed by atoms with E-state index in [-0.39, 0.29) is 11.6 Å². The summed E-state index contributed by atoms with van der Waals surface area (Å²) in [4.78, 5) is 21.1. The molecule has 3 aromatic rings. The number of amides is 1. The standard InChI is InChI=1S/C22H20Cl2N4O/c23-18-5-4-16(11-19(18)24)20-12-21(27-13-26-20)22(29)28-17-3-1-2-15(10-17)14-6-8-25-9-7-14/h1-5,10-14,25H,6-9H2,(H,28,29). The lowest BCUT2D eigenvalue weighted by atomic mass is 9.90. The van der Waals surface area contributed by atoms with Gasteiger partial charge in [0.25, 0.3) is 5.91 Å². The smallest absolute Gasteiger partial charge is 0.274 e. The van der Waals surface area contributed by atoms with Crippen molar-refractivity contribution >= 4 is 34.8 Å². The van der Waals surface area contributed by atoms with Crippen LogP contribution in [0.15, 0.2) is 54.9 Å². The lowest BCUT2D eigenvalue weighted by Crippen LogP contribution is -2.26. The molecule has 4 rings (SSSR count). The van der Waals surface area contributed by atoms with Gasteiger partial charge in [-0.3, -0.25) is 4.79 Å². The number of benzene rings is 2. The highest BCUT2D eigenvalue weighted by molar-refractivity contribution is 6.42. The lowest BCUT2D eigenvalue weighted by Gasteiger charge is -2.23. The maximum Gasteiger partial charge on any atom is 0.274 e. The first-order chi connectivity index (χ1) is 14.1. The van der Waals surface area contributed by atoms with Crippen molar-refractivity contribution in [2.75, 3.05) is 18.4 Å². The van der Waals surface area contributed by atoms with Gasteiger partial charge >= 0.3 is 0 Å². The van der Waals surface area contributed by atoms with Crippen LogP contribution in [0.4, 0.5) is 5.69 Å². The Morgan fingerprint density at radius 1 is 1.00 bits per heavy atom. The Kier molecular flexibility index (Phi) is 6.09. The minimum atomic E-state index is -0.281. The Bertz CT molecular complexity index is 1030. The molecule has 0 unspecified atom stereocenters. The van der Waals surface area contributed by atoms with E-state index in [0.29, 0.717) is 21.7 Å². The SMILES string of the molecule is O=C(Nc1cccc(C2CCNCC2)c1)c1cc(-c2ccc(Cl)c(Cl)c2)ncn1. The molecule has 2 aromatic carbocycles. The molecule has 1 aliphatic rings.